The van der Waals surface area contributed by atoms with Crippen molar-refractivity contribution in [2.75, 3.05) is 0 Å². The number of alkyl halides is 2. The summed E-state index contributed by atoms with van der Waals surface area (Å²) < 4.78 is 27.2. The van der Waals surface area contributed by atoms with E-state index in [9.17, 15) is 8.78 Å². The normalized spacial score (nSPS) is 42.7. The molecular formula is C10H17F2N. The summed E-state index contributed by atoms with van der Waals surface area (Å²) in [4.78, 5) is 0. The minimum Gasteiger partial charge on any atom is -0.310 e. The highest BCUT2D eigenvalue weighted by Gasteiger charge is 2.53. The van der Waals surface area contributed by atoms with Gasteiger partial charge in [0.15, 0.2) is 0 Å². The molecule has 0 aromatic rings. The third-order valence-electron chi connectivity index (χ3n) is 3.43. The second-order valence-electron chi connectivity index (χ2n) is 4.78. The van der Waals surface area contributed by atoms with E-state index in [2.05, 4.69) is 5.32 Å². The third kappa shape index (κ3) is 1.47. The SMILES string of the molecule is CC(C)C1C2CCC(CC1(F)F)N2. The quantitative estimate of drug-likeness (QED) is 0.668. The fourth-order valence-corrected chi connectivity index (χ4v) is 3.01. The lowest BCUT2D eigenvalue weighted by Gasteiger charge is -2.39. The van der Waals surface area contributed by atoms with Crippen molar-refractivity contribution in [3.63, 3.8) is 0 Å². The van der Waals surface area contributed by atoms with Crippen LogP contribution in [0.1, 0.15) is 33.1 Å². The van der Waals surface area contributed by atoms with Gasteiger partial charge in [-0.15, -0.1) is 0 Å². The van der Waals surface area contributed by atoms with Crippen molar-refractivity contribution in [2.45, 2.75) is 51.1 Å². The van der Waals surface area contributed by atoms with Crippen LogP contribution < -0.4 is 5.32 Å². The zero-order valence-electron chi connectivity index (χ0n) is 8.19. The van der Waals surface area contributed by atoms with E-state index in [0.29, 0.717) is 0 Å². The molecule has 2 rings (SSSR count). The minimum atomic E-state index is -2.44. The Hall–Kier alpha value is -0.180. The van der Waals surface area contributed by atoms with Crippen LogP contribution in [-0.4, -0.2) is 18.0 Å². The zero-order valence-corrected chi connectivity index (χ0v) is 8.19. The first-order chi connectivity index (χ1) is 6.00. The summed E-state index contributed by atoms with van der Waals surface area (Å²) in [7, 11) is 0. The molecule has 2 heterocycles. The lowest BCUT2D eigenvalue weighted by Crippen LogP contribution is -2.53. The molecule has 3 unspecified atom stereocenters. The molecule has 3 heteroatoms. The van der Waals surface area contributed by atoms with Gasteiger partial charge in [-0.1, -0.05) is 13.8 Å². The van der Waals surface area contributed by atoms with E-state index in [1.54, 1.807) is 0 Å². The van der Waals surface area contributed by atoms with Crippen molar-refractivity contribution in [2.24, 2.45) is 11.8 Å². The molecule has 0 aromatic carbocycles. The Morgan fingerprint density at radius 1 is 1.31 bits per heavy atom. The highest BCUT2D eigenvalue weighted by atomic mass is 19.3. The number of piperidine rings is 1. The van der Waals surface area contributed by atoms with E-state index in [0.717, 1.165) is 12.8 Å². The first kappa shape index (κ1) is 9.38. The largest absolute Gasteiger partial charge is 0.310 e. The summed E-state index contributed by atoms with van der Waals surface area (Å²) in [5.41, 5.74) is 0. The molecule has 0 radical (unpaired) electrons. The number of rotatable bonds is 1. The molecule has 0 saturated carbocycles. The van der Waals surface area contributed by atoms with E-state index < -0.39 is 11.8 Å². The second-order valence-corrected chi connectivity index (χ2v) is 4.78. The van der Waals surface area contributed by atoms with E-state index in [1.165, 1.54) is 0 Å². The number of hydrogen-bond donors (Lipinski definition) is 1. The van der Waals surface area contributed by atoms with Gasteiger partial charge in [-0.05, 0) is 18.8 Å². The minimum absolute atomic E-state index is 0.0480. The Morgan fingerprint density at radius 2 is 2.00 bits per heavy atom. The summed E-state index contributed by atoms with van der Waals surface area (Å²) in [5, 5.41) is 3.30. The fraction of sp³-hybridized carbons (Fsp3) is 1.00. The lowest BCUT2D eigenvalue weighted by molar-refractivity contribution is -0.112. The van der Waals surface area contributed by atoms with Crippen molar-refractivity contribution in [1.29, 1.82) is 0 Å². The number of nitrogens with one attached hydrogen (secondary N) is 1. The highest BCUT2D eigenvalue weighted by Crippen LogP contribution is 2.45. The standard InChI is InChI=1S/C10H17F2N/c1-6(2)9-8-4-3-7(13-8)5-10(9,11)12/h6-9,13H,3-5H2,1-2H3. The Labute approximate surface area is 77.9 Å². The monoisotopic (exact) mass is 189 g/mol. The van der Waals surface area contributed by atoms with Crippen molar-refractivity contribution in [3.8, 4) is 0 Å². The summed E-state index contributed by atoms with van der Waals surface area (Å²) >= 11 is 0. The number of hydrogen-bond acceptors (Lipinski definition) is 1. The van der Waals surface area contributed by atoms with Gasteiger partial charge < -0.3 is 5.32 Å². The predicted molar refractivity (Wildman–Crippen MR) is 47.8 cm³/mol. The molecule has 1 N–H and O–H groups in total. The van der Waals surface area contributed by atoms with E-state index in [1.807, 2.05) is 13.8 Å². The van der Waals surface area contributed by atoms with E-state index in [4.69, 9.17) is 0 Å². The molecule has 2 fully saturated rings. The molecule has 2 aliphatic heterocycles. The van der Waals surface area contributed by atoms with Crippen LogP contribution in [0.3, 0.4) is 0 Å². The molecule has 13 heavy (non-hydrogen) atoms. The first-order valence-corrected chi connectivity index (χ1v) is 5.14. The number of fused-ring (bicyclic) bond motifs is 2. The topological polar surface area (TPSA) is 12.0 Å². The van der Waals surface area contributed by atoms with Crippen molar-refractivity contribution < 1.29 is 8.78 Å². The Morgan fingerprint density at radius 3 is 2.62 bits per heavy atom. The average Bonchev–Trinajstić information content (AvgIpc) is 2.29. The molecule has 0 aliphatic carbocycles. The van der Waals surface area contributed by atoms with E-state index in [-0.39, 0.29) is 24.4 Å². The van der Waals surface area contributed by atoms with Crippen LogP contribution in [0.2, 0.25) is 0 Å². The number of halogens is 2. The highest BCUT2D eigenvalue weighted by molar-refractivity contribution is 5.02. The van der Waals surface area contributed by atoms with Gasteiger partial charge in [-0.3, -0.25) is 0 Å². The average molecular weight is 189 g/mol. The van der Waals surface area contributed by atoms with Gasteiger partial charge in [0, 0.05) is 24.4 Å². The summed E-state index contributed by atoms with van der Waals surface area (Å²) in [6.45, 7) is 3.80. The predicted octanol–water partition coefficient (Wildman–Crippen LogP) is 2.42. The molecule has 2 aliphatic rings. The molecule has 0 amide bonds. The fourth-order valence-electron chi connectivity index (χ4n) is 3.01. The molecule has 76 valence electrons. The third-order valence-corrected chi connectivity index (χ3v) is 3.43. The molecule has 2 saturated heterocycles. The molecule has 1 nitrogen and oxygen atoms in total. The van der Waals surface area contributed by atoms with Crippen molar-refractivity contribution in [1.82, 2.24) is 5.32 Å². The molecular weight excluding hydrogens is 172 g/mol. The molecule has 0 spiro atoms. The van der Waals surface area contributed by atoms with Crippen LogP contribution in [0.5, 0.6) is 0 Å². The summed E-state index contributed by atoms with van der Waals surface area (Å²) in [6, 6.07) is 0.142. The van der Waals surface area contributed by atoms with Crippen LogP contribution >= 0.6 is 0 Å². The van der Waals surface area contributed by atoms with Gasteiger partial charge in [0.05, 0.1) is 0 Å². The van der Waals surface area contributed by atoms with Crippen LogP contribution in [0.4, 0.5) is 8.78 Å². The molecule has 0 aromatic heterocycles. The maximum absolute atomic E-state index is 13.6. The maximum Gasteiger partial charge on any atom is 0.254 e. The Bertz CT molecular complexity index is 203. The lowest BCUT2D eigenvalue weighted by atomic mass is 9.80. The van der Waals surface area contributed by atoms with Gasteiger partial charge in [-0.2, -0.15) is 0 Å². The van der Waals surface area contributed by atoms with Crippen LogP contribution in [0, 0.1) is 11.8 Å². The summed E-state index contributed by atoms with van der Waals surface area (Å²) in [6.07, 6.45) is 1.92. The first-order valence-electron chi connectivity index (χ1n) is 5.14. The van der Waals surface area contributed by atoms with Gasteiger partial charge >= 0.3 is 0 Å². The summed E-state index contributed by atoms with van der Waals surface area (Å²) in [5.74, 6) is -2.82. The van der Waals surface area contributed by atoms with Crippen molar-refractivity contribution in [3.05, 3.63) is 0 Å². The van der Waals surface area contributed by atoms with E-state index >= 15 is 0 Å². The van der Waals surface area contributed by atoms with Crippen molar-refractivity contribution >= 4 is 0 Å². The van der Waals surface area contributed by atoms with Crippen LogP contribution in [-0.2, 0) is 0 Å². The Kier molecular flexibility index (Phi) is 2.10. The molecule has 2 bridgehead atoms. The van der Waals surface area contributed by atoms with Gasteiger partial charge in [0.2, 0.25) is 0 Å². The van der Waals surface area contributed by atoms with Gasteiger partial charge in [0.1, 0.15) is 0 Å². The van der Waals surface area contributed by atoms with Gasteiger partial charge in [0.25, 0.3) is 5.92 Å². The smallest absolute Gasteiger partial charge is 0.254 e. The van der Waals surface area contributed by atoms with Crippen LogP contribution in [0.15, 0.2) is 0 Å². The van der Waals surface area contributed by atoms with Crippen LogP contribution in [0.25, 0.3) is 0 Å². The Balaban J connectivity index is 2.21. The maximum atomic E-state index is 13.6. The molecule has 3 atom stereocenters. The second kappa shape index (κ2) is 2.91. The zero-order chi connectivity index (χ0) is 9.64. The van der Waals surface area contributed by atoms with Gasteiger partial charge in [-0.25, -0.2) is 8.78 Å².